The van der Waals surface area contributed by atoms with Crippen molar-refractivity contribution in [3.63, 3.8) is 0 Å². The van der Waals surface area contributed by atoms with Crippen molar-refractivity contribution in [3.05, 3.63) is 84.1 Å². The van der Waals surface area contributed by atoms with Crippen LogP contribution in [0.3, 0.4) is 0 Å². The Morgan fingerprint density at radius 1 is 1.09 bits per heavy atom. The van der Waals surface area contributed by atoms with E-state index in [-0.39, 0.29) is 24.0 Å². The zero-order valence-electron chi connectivity index (χ0n) is 18.4. The number of guanidine groups is 1. The second-order valence-electron chi connectivity index (χ2n) is 7.38. The van der Waals surface area contributed by atoms with Crippen LogP contribution in [0.1, 0.15) is 17.1 Å². The third-order valence-electron chi connectivity index (χ3n) is 4.95. The fraction of sp³-hybridized carbons (Fsp3) is 0.208. The van der Waals surface area contributed by atoms with E-state index in [9.17, 15) is 0 Å². The summed E-state index contributed by atoms with van der Waals surface area (Å²) in [6, 6.07) is 18.3. The number of hydrogen-bond donors (Lipinski definition) is 2. The standard InChI is InChI=1S/C24H26N6O.HI/c1-17-9-11-19(12-10-17)23-28-20(16-31-23)13-27-24(25-2)30(3)15-22-26-14-21(29-22)18-7-5-4-6-8-18;/h4-12,14,16H,13,15H2,1-3H3,(H,25,27)(H,26,29);1H. The molecule has 0 aliphatic heterocycles. The molecule has 0 radical (unpaired) electrons. The molecule has 0 amide bonds. The first-order valence-electron chi connectivity index (χ1n) is 10.1. The second-order valence-corrected chi connectivity index (χ2v) is 7.38. The number of aromatic amines is 1. The molecule has 0 saturated carbocycles. The molecule has 0 aliphatic carbocycles. The van der Waals surface area contributed by atoms with Crippen LogP contribution in [0.2, 0.25) is 0 Å². The van der Waals surface area contributed by atoms with Crippen LogP contribution in [-0.2, 0) is 13.1 Å². The van der Waals surface area contributed by atoms with E-state index in [1.165, 1.54) is 5.56 Å². The zero-order chi connectivity index (χ0) is 21.6. The third-order valence-corrected chi connectivity index (χ3v) is 4.95. The predicted octanol–water partition coefficient (Wildman–Crippen LogP) is 4.87. The van der Waals surface area contributed by atoms with Crippen LogP contribution in [0.4, 0.5) is 0 Å². The van der Waals surface area contributed by atoms with E-state index in [1.54, 1.807) is 13.3 Å². The normalized spacial score (nSPS) is 11.2. The van der Waals surface area contributed by atoms with E-state index < -0.39 is 0 Å². The van der Waals surface area contributed by atoms with Gasteiger partial charge in [-0.2, -0.15) is 0 Å². The number of aryl methyl sites for hydroxylation is 1. The van der Waals surface area contributed by atoms with Gasteiger partial charge in [0.2, 0.25) is 5.89 Å². The molecule has 0 spiro atoms. The molecule has 4 rings (SSSR count). The molecule has 8 heteroatoms. The largest absolute Gasteiger partial charge is 0.444 e. The summed E-state index contributed by atoms with van der Waals surface area (Å²) >= 11 is 0. The molecule has 4 aromatic rings. The van der Waals surface area contributed by atoms with Crippen LogP contribution >= 0.6 is 24.0 Å². The van der Waals surface area contributed by atoms with E-state index in [4.69, 9.17) is 4.42 Å². The lowest BCUT2D eigenvalue weighted by molar-refractivity contribution is 0.463. The maximum atomic E-state index is 5.64. The molecule has 0 atom stereocenters. The number of halogens is 1. The smallest absolute Gasteiger partial charge is 0.226 e. The number of oxazole rings is 1. The van der Waals surface area contributed by atoms with Crippen LogP contribution in [0.25, 0.3) is 22.7 Å². The highest BCUT2D eigenvalue weighted by Crippen LogP contribution is 2.19. The van der Waals surface area contributed by atoms with Crippen molar-refractivity contribution in [2.75, 3.05) is 14.1 Å². The van der Waals surface area contributed by atoms with Crippen molar-refractivity contribution in [1.82, 2.24) is 25.2 Å². The van der Waals surface area contributed by atoms with Crippen LogP contribution in [0.5, 0.6) is 0 Å². The summed E-state index contributed by atoms with van der Waals surface area (Å²) in [6.45, 7) is 3.17. The average Bonchev–Trinajstić information content (AvgIpc) is 3.45. The average molecular weight is 542 g/mol. The van der Waals surface area contributed by atoms with Gasteiger partial charge in [-0.25, -0.2) is 9.97 Å². The van der Waals surface area contributed by atoms with Gasteiger partial charge in [-0.15, -0.1) is 24.0 Å². The molecular formula is C24H27IN6O. The topological polar surface area (TPSA) is 82.3 Å². The first kappa shape index (κ1) is 23.5. The van der Waals surface area contributed by atoms with Crippen molar-refractivity contribution >= 4 is 29.9 Å². The van der Waals surface area contributed by atoms with Gasteiger partial charge in [-0.1, -0.05) is 48.0 Å². The van der Waals surface area contributed by atoms with Gasteiger partial charge in [0.05, 0.1) is 30.7 Å². The van der Waals surface area contributed by atoms with Crippen molar-refractivity contribution in [3.8, 4) is 22.7 Å². The summed E-state index contributed by atoms with van der Waals surface area (Å²) < 4.78 is 5.64. The molecule has 166 valence electrons. The lowest BCUT2D eigenvalue weighted by atomic mass is 10.1. The molecule has 2 aromatic carbocycles. The molecule has 0 fully saturated rings. The number of benzene rings is 2. The van der Waals surface area contributed by atoms with Gasteiger partial charge >= 0.3 is 0 Å². The molecule has 0 saturated heterocycles. The predicted molar refractivity (Wildman–Crippen MR) is 138 cm³/mol. The minimum atomic E-state index is 0. The third kappa shape index (κ3) is 5.76. The van der Waals surface area contributed by atoms with E-state index in [1.807, 2.05) is 60.6 Å². The van der Waals surface area contributed by atoms with Gasteiger partial charge < -0.3 is 19.6 Å². The number of nitrogens with zero attached hydrogens (tertiary/aromatic N) is 4. The first-order valence-corrected chi connectivity index (χ1v) is 10.1. The number of H-pyrrole nitrogens is 1. The van der Waals surface area contributed by atoms with E-state index in [0.717, 1.165) is 34.3 Å². The molecule has 7 nitrogen and oxygen atoms in total. The van der Waals surface area contributed by atoms with Crippen LogP contribution in [0, 0.1) is 6.92 Å². The van der Waals surface area contributed by atoms with Crippen LogP contribution in [0.15, 0.2) is 76.5 Å². The van der Waals surface area contributed by atoms with Gasteiger partial charge in [-0.3, -0.25) is 4.99 Å². The SMILES string of the molecule is CN=C(NCc1coc(-c2ccc(C)cc2)n1)N(C)Cc1ncc(-c2ccccc2)[nH]1.I. The summed E-state index contributed by atoms with van der Waals surface area (Å²) in [7, 11) is 3.73. The quantitative estimate of drug-likeness (QED) is 0.207. The minimum absolute atomic E-state index is 0. The fourth-order valence-electron chi connectivity index (χ4n) is 3.28. The summed E-state index contributed by atoms with van der Waals surface area (Å²) in [5.41, 5.74) is 5.09. The van der Waals surface area contributed by atoms with E-state index in [0.29, 0.717) is 19.0 Å². The Labute approximate surface area is 205 Å². The molecule has 0 aliphatic rings. The lowest BCUT2D eigenvalue weighted by Crippen LogP contribution is -2.38. The highest BCUT2D eigenvalue weighted by atomic mass is 127. The van der Waals surface area contributed by atoms with Crippen LogP contribution in [-0.4, -0.2) is 39.9 Å². The molecule has 32 heavy (non-hydrogen) atoms. The van der Waals surface area contributed by atoms with Gasteiger partial charge in [0.1, 0.15) is 12.1 Å². The Kier molecular flexibility index (Phi) is 8.04. The van der Waals surface area contributed by atoms with E-state index >= 15 is 0 Å². The second kappa shape index (κ2) is 10.9. The minimum Gasteiger partial charge on any atom is -0.444 e. The molecule has 2 heterocycles. The fourth-order valence-corrected chi connectivity index (χ4v) is 3.28. The Balaban J connectivity index is 0.00000289. The molecule has 2 N–H and O–H groups in total. The van der Waals surface area contributed by atoms with Crippen molar-refractivity contribution in [2.45, 2.75) is 20.0 Å². The molecular weight excluding hydrogens is 515 g/mol. The molecule has 0 unspecified atom stereocenters. The Morgan fingerprint density at radius 2 is 1.84 bits per heavy atom. The monoisotopic (exact) mass is 542 g/mol. The van der Waals surface area contributed by atoms with Gasteiger partial charge in [0.25, 0.3) is 0 Å². The Hall–Kier alpha value is -3.14. The number of rotatable bonds is 6. The van der Waals surface area contributed by atoms with Gasteiger partial charge in [-0.05, 0) is 24.6 Å². The number of hydrogen-bond acceptors (Lipinski definition) is 4. The van der Waals surface area contributed by atoms with Crippen LogP contribution < -0.4 is 5.32 Å². The van der Waals surface area contributed by atoms with Crippen molar-refractivity contribution in [2.24, 2.45) is 4.99 Å². The maximum Gasteiger partial charge on any atom is 0.226 e. The Bertz CT molecular complexity index is 1150. The lowest BCUT2D eigenvalue weighted by Gasteiger charge is -2.20. The Morgan fingerprint density at radius 3 is 2.56 bits per heavy atom. The van der Waals surface area contributed by atoms with Gasteiger partial charge in [0, 0.05) is 19.7 Å². The summed E-state index contributed by atoms with van der Waals surface area (Å²) in [5, 5.41) is 3.33. The maximum absolute atomic E-state index is 5.64. The highest BCUT2D eigenvalue weighted by Gasteiger charge is 2.12. The zero-order valence-corrected chi connectivity index (χ0v) is 20.7. The summed E-state index contributed by atoms with van der Waals surface area (Å²) in [6.07, 6.45) is 3.53. The summed E-state index contributed by atoms with van der Waals surface area (Å²) in [5.74, 6) is 2.23. The number of imidazole rings is 1. The van der Waals surface area contributed by atoms with Gasteiger partial charge in [0.15, 0.2) is 5.96 Å². The number of aliphatic imine (C=N–C) groups is 1. The van der Waals surface area contributed by atoms with E-state index in [2.05, 4.69) is 44.3 Å². The van der Waals surface area contributed by atoms with Crippen molar-refractivity contribution in [1.29, 1.82) is 0 Å². The number of aromatic nitrogens is 3. The molecule has 0 bridgehead atoms. The molecule has 2 aromatic heterocycles. The number of nitrogens with one attached hydrogen (secondary N) is 2. The first-order chi connectivity index (χ1) is 15.1. The van der Waals surface area contributed by atoms with Crippen molar-refractivity contribution < 1.29 is 4.42 Å². The summed E-state index contributed by atoms with van der Waals surface area (Å²) in [4.78, 5) is 18.8. The highest BCUT2D eigenvalue weighted by molar-refractivity contribution is 14.0.